The number of carbonyl (C=O) groups excluding carboxylic acids is 1. The van der Waals surface area contributed by atoms with Crippen LogP contribution in [0.4, 0.5) is 17.3 Å². The van der Waals surface area contributed by atoms with Crippen molar-refractivity contribution < 1.29 is 9.53 Å². The summed E-state index contributed by atoms with van der Waals surface area (Å²) in [7, 11) is 6.00. The fourth-order valence-corrected chi connectivity index (χ4v) is 4.69. The summed E-state index contributed by atoms with van der Waals surface area (Å²) in [5.41, 5.74) is 4.71. The molecule has 9 heteroatoms. The van der Waals surface area contributed by atoms with Crippen LogP contribution in [0.25, 0.3) is 11.3 Å². The SMILES string of the molecule is CNc1nccc(-c2cccnc2Oc2ccc(NC(=O)c3cccc(N4CC[C@H](N(C)C)C4)c3)cc2C)n1. The van der Waals surface area contributed by atoms with Crippen LogP contribution < -0.4 is 20.3 Å². The quantitative estimate of drug-likeness (QED) is 0.330. The van der Waals surface area contributed by atoms with E-state index in [0.29, 0.717) is 40.6 Å². The van der Waals surface area contributed by atoms with Gasteiger partial charge in [-0.15, -0.1) is 0 Å². The normalized spacial score (nSPS) is 14.9. The molecule has 1 amide bonds. The standard InChI is InChI=1S/C30H33N7O2/c1-20-17-22(34-28(38)21-7-5-8-23(18-21)37-16-13-24(19-37)36(3)4)10-11-27(20)39-29-25(9-6-14-32-29)26-12-15-33-30(31-2)35-26/h5-12,14-15,17-18,24H,13,16,19H2,1-4H3,(H,34,38)(H,31,33,35)/t24-/m0/s1. The molecule has 39 heavy (non-hydrogen) atoms. The van der Waals surface area contributed by atoms with E-state index in [4.69, 9.17) is 4.74 Å². The molecule has 5 rings (SSSR count). The Bertz CT molecular complexity index is 1470. The summed E-state index contributed by atoms with van der Waals surface area (Å²) in [5, 5.41) is 5.97. The highest BCUT2D eigenvalue weighted by Crippen LogP contribution is 2.33. The molecule has 1 saturated heterocycles. The van der Waals surface area contributed by atoms with Crippen LogP contribution in [0.3, 0.4) is 0 Å². The maximum absolute atomic E-state index is 13.1. The van der Waals surface area contributed by atoms with Crippen molar-refractivity contribution in [2.24, 2.45) is 0 Å². The predicted octanol–water partition coefficient (Wildman–Crippen LogP) is 5.07. The van der Waals surface area contributed by atoms with Crippen molar-refractivity contribution in [1.29, 1.82) is 0 Å². The number of rotatable bonds is 8. The first-order valence-corrected chi connectivity index (χ1v) is 13.0. The summed E-state index contributed by atoms with van der Waals surface area (Å²) in [6.07, 6.45) is 4.49. The van der Waals surface area contributed by atoms with Crippen molar-refractivity contribution in [3.05, 3.63) is 84.2 Å². The third-order valence-corrected chi connectivity index (χ3v) is 6.93. The molecule has 2 N–H and O–H groups in total. The number of pyridine rings is 1. The number of anilines is 3. The van der Waals surface area contributed by atoms with Gasteiger partial charge in [0.25, 0.3) is 5.91 Å². The molecule has 1 atom stereocenters. The molecule has 2 aromatic heterocycles. The Morgan fingerprint density at radius 3 is 2.69 bits per heavy atom. The Kier molecular flexibility index (Phi) is 7.69. The highest BCUT2D eigenvalue weighted by atomic mass is 16.5. The lowest BCUT2D eigenvalue weighted by atomic mass is 10.1. The minimum Gasteiger partial charge on any atom is -0.438 e. The summed E-state index contributed by atoms with van der Waals surface area (Å²) >= 11 is 0. The van der Waals surface area contributed by atoms with Crippen molar-refractivity contribution in [3.8, 4) is 22.9 Å². The molecular formula is C30H33N7O2. The molecule has 0 radical (unpaired) electrons. The summed E-state index contributed by atoms with van der Waals surface area (Å²) in [5.74, 6) is 1.45. The molecule has 200 valence electrons. The zero-order valence-electron chi connectivity index (χ0n) is 22.7. The number of ether oxygens (including phenoxy) is 1. The van der Waals surface area contributed by atoms with Crippen molar-refractivity contribution in [1.82, 2.24) is 19.9 Å². The molecule has 1 aliphatic heterocycles. The molecule has 0 saturated carbocycles. The van der Waals surface area contributed by atoms with Gasteiger partial charge >= 0.3 is 0 Å². The molecule has 2 aromatic carbocycles. The van der Waals surface area contributed by atoms with Crippen LogP contribution in [0.2, 0.25) is 0 Å². The van der Waals surface area contributed by atoms with E-state index in [-0.39, 0.29) is 5.91 Å². The second kappa shape index (κ2) is 11.5. The maximum atomic E-state index is 13.1. The van der Waals surface area contributed by atoms with Crippen molar-refractivity contribution in [2.75, 3.05) is 49.8 Å². The van der Waals surface area contributed by atoms with Crippen LogP contribution in [-0.2, 0) is 0 Å². The van der Waals surface area contributed by atoms with Crippen molar-refractivity contribution in [3.63, 3.8) is 0 Å². The van der Waals surface area contributed by atoms with E-state index < -0.39 is 0 Å². The van der Waals surface area contributed by atoms with E-state index in [0.717, 1.165) is 36.3 Å². The van der Waals surface area contributed by atoms with E-state index in [1.165, 1.54) is 0 Å². The predicted molar refractivity (Wildman–Crippen MR) is 155 cm³/mol. The van der Waals surface area contributed by atoms with Crippen LogP contribution in [-0.4, -0.2) is 66.0 Å². The first-order valence-electron chi connectivity index (χ1n) is 13.0. The van der Waals surface area contributed by atoms with E-state index in [9.17, 15) is 4.79 Å². The molecule has 1 aliphatic rings. The third kappa shape index (κ3) is 5.99. The second-order valence-corrected chi connectivity index (χ2v) is 9.81. The first kappa shape index (κ1) is 26.1. The fraction of sp³-hybridized carbons (Fsp3) is 0.267. The largest absolute Gasteiger partial charge is 0.438 e. The molecule has 0 aliphatic carbocycles. The number of hydrogen-bond acceptors (Lipinski definition) is 8. The van der Waals surface area contributed by atoms with Gasteiger partial charge in [-0.1, -0.05) is 6.07 Å². The lowest BCUT2D eigenvalue weighted by Crippen LogP contribution is -2.31. The summed E-state index contributed by atoms with van der Waals surface area (Å²) in [6.45, 7) is 3.89. The van der Waals surface area contributed by atoms with Crippen molar-refractivity contribution >= 4 is 23.2 Å². The monoisotopic (exact) mass is 523 g/mol. The molecular weight excluding hydrogens is 490 g/mol. The van der Waals surface area contributed by atoms with Gasteiger partial charge in [0.05, 0.1) is 11.3 Å². The third-order valence-electron chi connectivity index (χ3n) is 6.93. The Morgan fingerprint density at radius 1 is 1.05 bits per heavy atom. The van der Waals surface area contributed by atoms with Crippen LogP contribution >= 0.6 is 0 Å². The number of nitrogens with one attached hydrogen (secondary N) is 2. The Hall–Kier alpha value is -4.50. The Balaban J connectivity index is 1.29. The first-order chi connectivity index (χ1) is 18.9. The van der Waals surface area contributed by atoms with Gasteiger partial charge in [0, 0.05) is 55.5 Å². The summed E-state index contributed by atoms with van der Waals surface area (Å²) < 4.78 is 6.20. The van der Waals surface area contributed by atoms with Crippen molar-refractivity contribution in [2.45, 2.75) is 19.4 Å². The van der Waals surface area contributed by atoms with E-state index >= 15 is 0 Å². The van der Waals surface area contributed by atoms with E-state index in [2.05, 4.69) is 55.5 Å². The van der Waals surface area contributed by atoms with E-state index in [1.54, 1.807) is 19.4 Å². The van der Waals surface area contributed by atoms with E-state index in [1.807, 2.05) is 61.5 Å². The van der Waals surface area contributed by atoms with Crippen LogP contribution in [0.1, 0.15) is 22.3 Å². The molecule has 9 nitrogen and oxygen atoms in total. The second-order valence-electron chi connectivity index (χ2n) is 9.81. The number of hydrogen-bond donors (Lipinski definition) is 2. The fourth-order valence-electron chi connectivity index (χ4n) is 4.69. The molecule has 3 heterocycles. The highest BCUT2D eigenvalue weighted by molar-refractivity contribution is 6.04. The molecule has 0 unspecified atom stereocenters. The van der Waals surface area contributed by atoms with Crippen LogP contribution in [0.15, 0.2) is 73.1 Å². The van der Waals surface area contributed by atoms with Gasteiger partial charge in [-0.2, -0.15) is 0 Å². The summed E-state index contributed by atoms with van der Waals surface area (Å²) in [4.78, 5) is 30.8. The number of aryl methyl sites for hydroxylation is 1. The van der Waals surface area contributed by atoms with Gasteiger partial charge in [-0.3, -0.25) is 4.79 Å². The topological polar surface area (TPSA) is 95.5 Å². The number of benzene rings is 2. The van der Waals surface area contributed by atoms with Gasteiger partial charge in [0.2, 0.25) is 11.8 Å². The van der Waals surface area contributed by atoms with Gasteiger partial charge < -0.3 is 25.2 Å². The minimum atomic E-state index is -0.149. The average molecular weight is 524 g/mol. The number of carbonyl (C=O) groups is 1. The number of amides is 1. The average Bonchev–Trinajstić information content (AvgIpc) is 3.46. The number of nitrogens with zero attached hydrogens (tertiary/aromatic N) is 5. The Labute approximate surface area is 228 Å². The van der Waals surface area contributed by atoms with Gasteiger partial charge in [0.15, 0.2) is 0 Å². The zero-order chi connectivity index (χ0) is 27.4. The van der Waals surface area contributed by atoms with Crippen LogP contribution in [0, 0.1) is 6.92 Å². The lowest BCUT2D eigenvalue weighted by Gasteiger charge is -2.22. The summed E-state index contributed by atoms with van der Waals surface area (Å²) in [6, 6.07) is 19.5. The highest BCUT2D eigenvalue weighted by Gasteiger charge is 2.24. The number of aromatic nitrogens is 3. The maximum Gasteiger partial charge on any atom is 0.255 e. The van der Waals surface area contributed by atoms with Gasteiger partial charge in [-0.05, 0) is 87.6 Å². The molecule has 4 aromatic rings. The molecule has 1 fully saturated rings. The lowest BCUT2D eigenvalue weighted by molar-refractivity contribution is 0.102. The van der Waals surface area contributed by atoms with Gasteiger partial charge in [-0.25, -0.2) is 15.0 Å². The zero-order valence-corrected chi connectivity index (χ0v) is 22.7. The molecule has 0 spiro atoms. The minimum absolute atomic E-state index is 0.149. The molecule has 0 bridgehead atoms. The van der Waals surface area contributed by atoms with Gasteiger partial charge in [0.1, 0.15) is 5.75 Å². The Morgan fingerprint density at radius 2 is 1.92 bits per heavy atom. The number of likely N-dealkylation sites (N-methyl/N-ethyl adjacent to an activating group) is 1. The van der Waals surface area contributed by atoms with Crippen LogP contribution in [0.5, 0.6) is 11.6 Å². The smallest absolute Gasteiger partial charge is 0.255 e.